The molecular weight excluding hydrogens is 170 g/mol. The van der Waals surface area contributed by atoms with Crippen molar-refractivity contribution in [3.8, 4) is 0 Å². The van der Waals surface area contributed by atoms with E-state index in [1.54, 1.807) is 4.90 Å². The van der Waals surface area contributed by atoms with Crippen LogP contribution in [-0.2, 0) is 9.59 Å². The van der Waals surface area contributed by atoms with Gasteiger partial charge in [0.15, 0.2) is 0 Å². The van der Waals surface area contributed by atoms with Crippen LogP contribution in [-0.4, -0.2) is 42.9 Å². The summed E-state index contributed by atoms with van der Waals surface area (Å²) in [4.78, 5) is 23.8. The summed E-state index contributed by atoms with van der Waals surface area (Å²) in [5.41, 5.74) is 5.22. The maximum atomic E-state index is 11.1. The largest absolute Gasteiger partial charge is 0.353 e. The van der Waals surface area contributed by atoms with E-state index in [4.69, 9.17) is 5.73 Å². The fourth-order valence-electron chi connectivity index (χ4n) is 1.31. The fraction of sp³-hybridized carbons (Fsp3) is 0.750. The summed E-state index contributed by atoms with van der Waals surface area (Å²) in [6.45, 7) is 1.79. The maximum Gasteiger partial charge on any atom is 0.239 e. The van der Waals surface area contributed by atoms with Crippen molar-refractivity contribution in [3.05, 3.63) is 0 Å². The first-order valence-corrected chi connectivity index (χ1v) is 4.48. The zero-order valence-corrected chi connectivity index (χ0v) is 7.58. The molecule has 13 heavy (non-hydrogen) atoms. The van der Waals surface area contributed by atoms with Crippen LogP contribution in [0.2, 0.25) is 0 Å². The van der Waals surface area contributed by atoms with Gasteiger partial charge in [0.25, 0.3) is 0 Å². The molecule has 0 bridgehead atoms. The van der Waals surface area contributed by atoms with Gasteiger partial charge in [-0.2, -0.15) is 0 Å². The van der Waals surface area contributed by atoms with E-state index in [1.165, 1.54) is 0 Å². The molecule has 0 spiro atoms. The Labute approximate surface area is 77.3 Å². The van der Waals surface area contributed by atoms with Gasteiger partial charge in [-0.3, -0.25) is 9.59 Å². The maximum absolute atomic E-state index is 11.1. The average Bonchev–Trinajstić information content (AvgIpc) is 2.48. The van der Waals surface area contributed by atoms with Crippen LogP contribution in [0.25, 0.3) is 0 Å². The van der Waals surface area contributed by atoms with Crippen molar-refractivity contribution >= 4 is 11.8 Å². The third-order valence-corrected chi connectivity index (χ3v) is 1.97. The molecule has 1 saturated heterocycles. The number of hydrogen-bond acceptors (Lipinski definition) is 3. The summed E-state index contributed by atoms with van der Waals surface area (Å²) in [7, 11) is 0. The molecule has 1 aliphatic heterocycles. The highest BCUT2D eigenvalue weighted by atomic mass is 16.2. The van der Waals surface area contributed by atoms with Crippen LogP contribution in [0.3, 0.4) is 0 Å². The van der Waals surface area contributed by atoms with Crippen molar-refractivity contribution in [2.45, 2.75) is 12.8 Å². The van der Waals surface area contributed by atoms with E-state index >= 15 is 0 Å². The Bertz CT molecular complexity index is 206. The molecule has 0 atom stereocenters. The molecular formula is C8H15N3O2. The van der Waals surface area contributed by atoms with Crippen LogP contribution >= 0.6 is 0 Å². The summed E-state index contributed by atoms with van der Waals surface area (Å²) in [6.07, 6.45) is 1.44. The lowest BCUT2D eigenvalue weighted by atomic mass is 10.4. The topological polar surface area (TPSA) is 75.4 Å². The van der Waals surface area contributed by atoms with Crippen LogP contribution in [0.1, 0.15) is 12.8 Å². The third-order valence-electron chi connectivity index (χ3n) is 1.97. The highest BCUT2D eigenvalue weighted by Gasteiger charge is 2.21. The van der Waals surface area contributed by atoms with Crippen LogP contribution in [0.4, 0.5) is 0 Å². The van der Waals surface area contributed by atoms with Gasteiger partial charge in [0, 0.05) is 26.1 Å². The lowest BCUT2D eigenvalue weighted by Crippen LogP contribution is -2.39. The molecule has 1 fully saturated rings. The zero-order chi connectivity index (χ0) is 9.68. The second-order valence-corrected chi connectivity index (χ2v) is 3.06. The number of nitrogens with zero attached hydrogens (tertiary/aromatic N) is 1. The van der Waals surface area contributed by atoms with Crippen molar-refractivity contribution in [2.75, 3.05) is 26.2 Å². The number of hydrogen-bond donors (Lipinski definition) is 2. The normalized spacial score (nSPS) is 16.4. The zero-order valence-electron chi connectivity index (χ0n) is 7.58. The number of carbonyl (C=O) groups is 2. The van der Waals surface area contributed by atoms with E-state index in [9.17, 15) is 9.59 Å². The molecule has 0 aliphatic carbocycles. The van der Waals surface area contributed by atoms with Crippen molar-refractivity contribution in [2.24, 2.45) is 5.73 Å². The van der Waals surface area contributed by atoms with Crippen LogP contribution in [0, 0.1) is 0 Å². The molecule has 0 aromatic carbocycles. The first kappa shape index (κ1) is 9.98. The minimum atomic E-state index is -0.124. The monoisotopic (exact) mass is 185 g/mol. The molecule has 2 amide bonds. The molecule has 1 aliphatic rings. The summed E-state index contributed by atoms with van der Waals surface area (Å²) in [5, 5.41) is 2.62. The van der Waals surface area contributed by atoms with E-state index < -0.39 is 0 Å². The van der Waals surface area contributed by atoms with Gasteiger partial charge < -0.3 is 16.0 Å². The van der Waals surface area contributed by atoms with E-state index in [-0.39, 0.29) is 18.4 Å². The number of nitrogens with two attached hydrogens (primary N) is 1. The molecule has 5 heteroatoms. The third kappa shape index (κ3) is 3.02. The van der Waals surface area contributed by atoms with Crippen LogP contribution < -0.4 is 11.1 Å². The molecule has 0 saturated carbocycles. The predicted octanol–water partition coefficient (Wildman–Crippen LogP) is -1.32. The summed E-state index contributed by atoms with van der Waals surface area (Å²) < 4.78 is 0. The van der Waals surface area contributed by atoms with Gasteiger partial charge in [0.2, 0.25) is 11.8 Å². The first-order chi connectivity index (χ1) is 6.24. The quantitative estimate of drug-likeness (QED) is 0.570. The van der Waals surface area contributed by atoms with Gasteiger partial charge in [0.05, 0.1) is 6.54 Å². The van der Waals surface area contributed by atoms with E-state index in [2.05, 4.69) is 5.32 Å². The minimum Gasteiger partial charge on any atom is -0.353 e. The lowest BCUT2D eigenvalue weighted by Gasteiger charge is -2.14. The van der Waals surface area contributed by atoms with Crippen LogP contribution in [0.15, 0.2) is 0 Å². The molecule has 74 valence electrons. The highest BCUT2D eigenvalue weighted by molar-refractivity contribution is 5.85. The Morgan fingerprint density at radius 3 is 2.92 bits per heavy atom. The second kappa shape index (κ2) is 4.81. The van der Waals surface area contributed by atoms with Gasteiger partial charge in [-0.1, -0.05) is 0 Å². The molecule has 0 unspecified atom stereocenters. The van der Waals surface area contributed by atoms with E-state index in [0.717, 1.165) is 6.42 Å². The Hall–Kier alpha value is -1.10. The number of amides is 2. The summed E-state index contributed by atoms with van der Waals surface area (Å²) in [6, 6.07) is 0. The Morgan fingerprint density at radius 2 is 2.38 bits per heavy atom. The standard InChI is InChI=1S/C8H15N3O2/c9-3-4-10-7(12)6-11-5-1-2-8(11)13/h1-6,9H2,(H,10,12). The van der Waals surface area contributed by atoms with Crippen molar-refractivity contribution in [1.82, 2.24) is 10.2 Å². The van der Waals surface area contributed by atoms with E-state index in [0.29, 0.717) is 26.1 Å². The highest BCUT2D eigenvalue weighted by Crippen LogP contribution is 2.08. The average molecular weight is 185 g/mol. The molecule has 0 radical (unpaired) electrons. The molecule has 5 nitrogen and oxygen atoms in total. The predicted molar refractivity (Wildman–Crippen MR) is 47.9 cm³/mol. The van der Waals surface area contributed by atoms with Crippen LogP contribution in [0.5, 0.6) is 0 Å². The van der Waals surface area contributed by atoms with Crippen molar-refractivity contribution in [1.29, 1.82) is 0 Å². The van der Waals surface area contributed by atoms with Gasteiger partial charge >= 0.3 is 0 Å². The Kier molecular flexibility index (Phi) is 3.70. The fourth-order valence-corrected chi connectivity index (χ4v) is 1.31. The lowest BCUT2D eigenvalue weighted by molar-refractivity contribution is -0.133. The van der Waals surface area contributed by atoms with Crippen molar-refractivity contribution in [3.63, 3.8) is 0 Å². The minimum absolute atomic E-state index is 0.0721. The molecule has 3 N–H and O–H groups in total. The van der Waals surface area contributed by atoms with Gasteiger partial charge in [-0.15, -0.1) is 0 Å². The summed E-state index contributed by atoms with van der Waals surface area (Å²) >= 11 is 0. The van der Waals surface area contributed by atoms with Crippen molar-refractivity contribution < 1.29 is 9.59 Å². The Balaban J connectivity index is 2.23. The number of carbonyl (C=O) groups excluding carboxylic acids is 2. The number of likely N-dealkylation sites (tertiary alicyclic amines) is 1. The number of nitrogens with one attached hydrogen (secondary N) is 1. The Morgan fingerprint density at radius 1 is 1.62 bits per heavy atom. The molecule has 0 aromatic rings. The SMILES string of the molecule is NCCNC(=O)CN1CCCC1=O. The second-order valence-electron chi connectivity index (χ2n) is 3.06. The first-order valence-electron chi connectivity index (χ1n) is 4.48. The summed E-state index contributed by atoms with van der Waals surface area (Å²) in [5.74, 6) is -0.0522. The number of rotatable bonds is 4. The van der Waals surface area contributed by atoms with Gasteiger partial charge in [0.1, 0.15) is 0 Å². The van der Waals surface area contributed by atoms with Gasteiger partial charge in [-0.25, -0.2) is 0 Å². The van der Waals surface area contributed by atoms with E-state index in [1.807, 2.05) is 0 Å². The van der Waals surface area contributed by atoms with Gasteiger partial charge in [-0.05, 0) is 6.42 Å². The molecule has 1 heterocycles. The molecule has 0 aromatic heterocycles. The molecule has 1 rings (SSSR count). The smallest absolute Gasteiger partial charge is 0.239 e.